The first-order valence-electron chi connectivity index (χ1n) is 8.40. The molecule has 1 unspecified atom stereocenters. The Balaban J connectivity index is 1.89. The highest BCUT2D eigenvalue weighted by molar-refractivity contribution is 8.24. The molecule has 1 aliphatic heterocycles. The number of hydrogen-bond acceptors (Lipinski definition) is 4. The van der Waals surface area contributed by atoms with E-state index in [1.807, 2.05) is 30.3 Å². The van der Waals surface area contributed by atoms with E-state index in [0.717, 1.165) is 9.88 Å². The van der Waals surface area contributed by atoms with Gasteiger partial charge >= 0.3 is 0 Å². The third kappa shape index (κ3) is 4.24. The minimum Gasteiger partial charge on any atom is -0.291 e. The molecule has 0 saturated carbocycles. The van der Waals surface area contributed by atoms with Gasteiger partial charge in [0.25, 0.3) is 6.17 Å². The second kappa shape index (κ2) is 8.03. The van der Waals surface area contributed by atoms with Gasteiger partial charge in [-0.05, 0) is 54.7 Å². The number of benzene rings is 2. The zero-order chi connectivity index (χ0) is 18.7. The van der Waals surface area contributed by atoms with E-state index in [1.54, 1.807) is 29.7 Å². The van der Waals surface area contributed by atoms with Gasteiger partial charge in [0.15, 0.2) is 0 Å². The summed E-state index contributed by atoms with van der Waals surface area (Å²) in [7, 11) is 0. The fraction of sp³-hybridized carbons (Fsp3) is 0.300. The second-order valence-electron chi connectivity index (χ2n) is 6.74. The standard InChI is InChI=1S/C20H23N2OS3/c1-20(2)18(22(23)14-16-9-11-17(25-3)12-10-16)21(19(24)26-20)13-15-7-5-4-6-8-15/h4-12,14,18,23H,13H2,1-3H3/q+1. The maximum atomic E-state index is 10.9. The molecule has 1 aliphatic rings. The van der Waals surface area contributed by atoms with Crippen molar-refractivity contribution in [2.75, 3.05) is 6.26 Å². The van der Waals surface area contributed by atoms with Crippen molar-refractivity contribution in [1.29, 1.82) is 0 Å². The highest BCUT2D eigenvalue weighted by Crippen LogP contribution is 2.42. The maximum Gasteiger partial charge on any atom is 0.292 e. The molecule has 0 aromatic heterocycles. The monoisotopic (exact) mass is 403 g/mol. The predicted molar refractivity (Wildman–Crippen MR) is 115 cm³/mol. The Labute approximate surface area is 169 Å². The third-order valence-electron chi connectivity index (χ3n) is 4.35. The van der Waals surface area contributed by atoms with Crippen molar-refractivity contribution in [3.05, 3.63) is 65.7 Å². The molecule has 0 aliphatic carbocycles. The Morgan fingerprint density at radius 1 is 1.19 bits per heavy atom. The number of thioether (sulfide) groups is 2. The van der Waals surface area contributed by atoms with Crippen LogP contribution in [0.3, 0.4) is 0 Å². The van der Waals surface area contributed by atoms with Gasteiger partial charge in [0.1, 0.15) is 9.07 Å². The fourth-order valence-electron chi connectivity index (χ4n) is 3.12. The first kappa shape index (κ1) is 19.3. The number of thiocarbonyl (C=S) groups is 1. The number of hydrogen-bond donors (Lipinski definition) is 1. The molecular weight excluding hydrogens is 380 g/mol. The largest absolute Gasteiger partial charge is 0.292 e. The first-order valence-corrected chi connectivity index (χ1v) is 10.9. The Morgan fingerprint density at radius 3 is 2.46 bits per heavy atom. The average molecular weight is 404 g/mol. The van der Waals surface area contributed by atoms with Gasteiger partial charge in [-0.1, -0.05) is 54.3 Å². The molecular formula is C20H23N2OS3+. The lowest BCUT2D eigenvalue weighted by Gasteiger charge is -2.25. The Kier molecular flexibility index (Phi) is 5.95. The lowest BCUT2D eigenvalue weighted by molar-refractivity contribution is -0.808. The van der Waals surface area contributed by atoms with Gasteiger partial charge in [-0.2, -0.15) is 0 Å². The summed E-state index contributed by atoms with van der Waals surface area (Å²) in [4.78, 5) is 3.30. The average Bonchev–Trinajstić information content (AvgIpc) is 2.84. The van der Waals surface area contributed by atoms with Crippen LogP contribution >= 0.6 is 35.7 Å². The Bertz CT molecular complexity index is 804. The third-order valence-corrected chi connectivity index (χ3v) is 6.72. The maximum absolute atomic E-state index is 10.9. The van der Waals surface area contributed by atoms with E-state index in [2.05, 4.69) is 49.3 Å². The summed E-state index contributed by atoms with van der Waals surface area (Å²) in [5.41, 5.74) is 2.14. The van der Waals surface area contributed by atoms with Crippen LogP contribution in [0.5, 0.6) is 0 Å². The Morgan fingerprint density at radius 2 is 1.85 bits per heavy atom. The number of nitrogens with zero attached hydrogens (tertiary/aromatic N) is 2. The van der Waals surface area contributed by atoms with Crippen LogP contribution in [0, 0.1) is 0 Å². The van der Waals surface area contributed by atoms with Gasteiger partial charge in [-0.25, -0.2) is 0 Å². The molecule has 136 valence electrons. The summed E-state index contributed by atoms with van der Waals surface area (Å²) in [6.45, 7) is 4.91. The van der Waals surface area contributed by atoms with Crippen LogP contribution in [0.4, 0.5) is 0 Å². The summed E-state index contributed by atoms with van der Waals surface area (Å²) in [5.74, 6) is 0. The molecule has 2 aromatic rings. The van der Waals surface area contributed by atoms with E-state index in [4.69, 9.17) is 12.2 Å². The van der Waals surface area contributed by atoms with E-state index in [0.29, 0.717) is 6.54 Å². The lowest BCUT2D eigenvalue weighted by atomic mass is 10.1. The van der Waals surface area contributed by atoms with Crippen LogP contribution in [0.15, 0.2) is 59.5 Å². The minimum atomic E-state index is -0.236. The first-order chi connectivity index (χ1) is 12.4. The number of rotatable bonds is 5. The molecule has 0 spiro atoms. The van der Waals surface area contributed by atoms with E-state index in [9.17, 15) is 5.21 Å². The van der Waals surface area contributed by atoms with Gasteiger partial charge in [-0.3, -0.25) is 10.1 Å². The Hall–Kier alpha value is -1.50. The molecule has 0 bridgehead atoms. The second-order valence-corrected chi connectivity index (χ2v) is 9.91. The highest BCUT2D eigenvalue weighted by Gasteiger charge is 2.52. The summed E-state index contributed by atoms with van der Waals surface area (Å²) >= 11 is 8.96. The molecule has 2 aromatic carbocycles. The van der Waals surface area contributed by atoms with Crippen molar-refractivity contribution in [1.82, 2.24) is 4.90 Å². The molecule has 1 heterocycles. The van der Waals surface area contributed by atoms with Crippen molar-refractivity contribution in [2.45, 2.75) is 36.2 Å². The molecule has 26 heavy (non-hydrogen) atoms. The normalized spacial score (nSPS) is 19.8. The summed E-state index contributed by atoms with van der Waals surface area (Å²) in [6, 6.07) is 18.4. The molecule has 3 rings (SSSR count). The van der Waals surface area contributed by atoms with Crippen molar-refractivity contribution in [3.63, 3.8) is 0 Å². The molecule has 0 amide bonds. The van der Waals surface area contributed by atoms with Crippen LogP contribution < -0.4 is 0 Å². The zero-order valence-electron chi connectivity index (χ0n) is 15.1. The predicted octanol–water partition coefficient (Wildman–Crippen LogP) is 4.87. The zero-order valence-corrected chi connectivity index (χ0v) is 17.6. The smallest absolute Gasteiger partial charge is 0.291 e. The van der Waals surface area contributed by atoms with Crippen LogP contribution in [0.1, 0.15) is 25.0 Å². The van der Waals surface area contributed by atoms with Crippen molar-refractivity contribution in [2.24, 2.45) is 0 Å². The molecule has 3 nitrogen and oxygen atoms in total. The molecule has 6 heteroatoms. The van der Waals surface area contributed by atoms with Crippen molar-refractivity contribution < 1.29 is 9.95 Å². The van der Waals surface area contributed by atoms with Gasteiger partial charge in [0, 0.05) is 10.5 Å². The summed E-state index contributed by atoms with van der Waals surface area (Å²) < 4.78 is 1.90. The molecule has 1 atom stereocenters. The SMILES string of the molecule is CSc1ccc(C=[N+](O)C2N(Cc3ccccc3)C(=S)SC2(C)C)cc1. The molecule has 1 fully saturated rings. The summed E-state index contributed by atoms with van der Waals surface area (Å²) in [5, 5.41) is 10.9. The quantitative estimate of drug-likeness (QED) is 0.192. The van der Waals surface area contributed by atoms with Gasteiger partial charge in [0.2, 0.25) is 6.21 Å². The lowest BCUT2D eigenvalue weighted by Crippen LogP contribution is -2.48. The number of hydroxylamine groups is 1. The van der Waals surface area contributed by atoms with E-state index >= 15 is 0 Å². The van der Waals surface area contributed by atoms with Gasteiger partial charge < -0.3 is 0 Å². The van der Waals surface area contributed by atoms with Crippen LogP contribution in [-0.4, -0.2) is 42.5 Å². The molecule has 1 saturated heterocycles. The highest BCUT2D eigenvalue weighted by atomic mass is 32.2. The van der Waals surface area contributed by atoms with Crippen LogP contribution in [0.25, 0.3) is 0 Å². The van der Waals surface area contributed by atoms with E-state index in [-0.39, 0.29) is 10.9 Å². The minimum absolute atomic E-state index is 0.226. The summed E-state index contributed by atoms with van der Waals surface area (Å²) in [6.07, 6.45) is 3.60. The van der Waals surface area contributed by atoms with E-state index in [1.165, 1.54) is 15.2 Å². The van der Waals surface area contributed by atoms with Crippen LogP contribution in [0.2, 0.25) is 0 Å². The van der Waals surface area contributed by atoms with Crippen molar-refractivity contribution >= 4 is 46.3 Å². The van der Waals surface area contributed by atoms with Crippen molar-refractivity contribution in [3.8, 4) is 0 Å². The van der Waals surface area contributed by atoms with E-state index < -0.39 is 0 Å². The van der Waals surface area contributed by atoms with Gasteiger partial charge in [0.05, 0.1) is 6.54 Å². The van der Waals surface area contributed by atoms with Crippen LogP contribution in [-0.2, 0) is 6.54 Å². The topological polar surface area (TPSA) is 26.5 Å². The molecule has 0 radical (unpaired) electrons. The fourth-order valence-corrected chi connectivity index (χ4v) is 5.41. The van der Waals surface area contributed by atoms with Gasteiger partial charge in [-0.15, -0.1) is 11.8 Å². The molecule has 1 N–H and O–H groups in total.